The number of amides is 1. The lowest BCUT2D eigenvalue weighted by Crippen LogP contribution is -2.11. The summed E-state index contributed by atoms with van der Waals surface area (Å²) in [6.45, 7) is 1.10. The van der Waals surface area contributed by atoms with Gasteiger partial charge in [-0.3, -0.25) is 4.79 Å². The molecule has 0 saturated carbocycles. The van der Waals surface area contributed by atoms with E-state index in [-0.39, 0.29) is 12.7 Å². The molecular weight excluding hydrogens is 352 g/mol. The number of anilines is 2. The van der Waals surface area contributed by atoms with Crippen LogP contribution >= 0.6 is 0 Å². The Morgan fingerprint density at radius 2 is 1.61 bits per heavy atom. The van der Waals surface area contributed by atoms with Crippen LogP contribution in [0.1, 0.15) is 22.3 Å². The number of rotatable bonds is 7. The van der Waals surface area contributed by atoms with Gasteiger partial charge in [0.2, 0.25) is 6.79 Å². The molecule has 0 atom stereocenters. The van der Waals surface area contributed by atoms with Crippen LogP contribution in [0.15, 0.2) is 72.8 Å². The molecule has 0 bridgehead atoms. The van der Waals surface area contributed by atoms with Gasteiger partial charge < -0.3 is 20.1 Å². The second-order valence-corrected chi connectivity index (χ2v) is 6.62. The van der Waals surface area contributed by atoms with Gasteiger partial charge in [-0.25, -0.2) is 0 Å². The Balaban J connectivity index is 1.26. The van der Waals surface area contributed by atoms with E-state index >= 15 is 0 Å². The number of carbonyl (C=O) groups is 1. The number of hydrogen-bond acceptors (Lipinski definition) is 4. The summed E-state index contributed by atoms with van der Waals surface area (Å²) >= 11 is 0. The predicted molar refractivity (Wildman–Crippen MR) is 110 cm³/mol. The fourth-order valence-electron chi connectivity index (χ4n) is 3.08. The van der Waals surface area contributed by atoms with Crippen LogP contribution in [0.25, 0.3) is 0 Å². The zero-order chi connectivity index (χ0) is 19.2. The van der Waals surface area contributed by atoms with Crippen LogP contribution in [0, 0.1) is 0 Å². The summed E-state index contributed by atoms with van der Waals surface area (Å²) in [6, 6.07) is 23.4. The summed E-state index contributed by atoms with van der Waals surface area (Å²) in [4.78, 5) is 12.4. The number of benzene rings is 3. The minimum Gasteiger partial charge on any atom is -0.454 e. The number of hydrogen-bond donors (Lipinski definition) is 2. The maximum absolute atomic E-state index is 12.4. The van der Waals surface area contributed by atoms with Crippen molar-refractivity contribution < 1.29 is 14.3 Å². The van der Waals surface area contributed by atoms with E-state index in [4.69, 9.17) is 9.47 Å². The molecule has 1 aliphatic heterocycles. The van der Waals surface area contributed by atoms with Crippen molar-refractivity contribution in [2.45, 2.75) is 12.8 Å². The van der Waals surface area contributed by atoms with E-state index in [9.17, 15) is 4.79 Å². The van der Waals surface area contributed by atoms with Gasteiger partial charge in [0.05, 0.1) is 0 Å². The maximum atomic E-state index is 12.4. The van der Waals surface area contributed by atoms with Gasteiger partial charge in [0, 0.05) is 23.5 Å². The van der Waals surface area contributed by atoms with Crippen LogP contribution in [0.3, 0.4) is 0 Å². The Kier molecular flexibility index (Phi) is 5.43. The van der Waals surface area contributed by atoms with E-state index in [0.29, 0.717) is 17.1 Å². The van der Waals surface area contributed by atoms with Gasteiger partial charge in [-0.15, -0.1) is 0 Å². The second kappa shape index (κ2) is 8.48. The molecule has 4 rings (SSSR count). The van der Waals surface area contributed by atoms with Crippen molar-refractivity contribution in [2.75, 3.05) is 24.0 Å². The third kappa shape index (κ3) is 4.43. The largest absolute Gasteiger partial charge is 0.454 e. The van der Waals surface area contributed by atoms with Crippen LogP contribution in [0.4, 0.5) is 11.4 Å². The standard InChI is InChI=1S/C23H22N2O3/c26-23(18-8-13-21-22(15-18)28-16-27-21)25-20-11-9-19(10-12-20)24-14-4-7-17-5-2-1-3-6-17/h1-3,5-6,8-13,15,24H,4,7,14,16H2,(H,25,26). The molecule has 0 aliphatic carbocycles. The molecule has 3 aromatic rings. The number of ether oxygens (including phenoxy) is 2. The van der Waals surface area contributed by atoms with Crippen molar-refractivity contribution in [3.63, 3.8) is 0 Å². The zero-order valence-corrected chi connectivity index (χ0v) is 15.5. The topological polar surface area (TPSA) is 59.6 Å². The average Bonchev–Trinajstić information content (AvgIpc) is 3.21. The molecular formula is C23H22N2O3. The maximum Gasteiger partial charge on any atom is 0.255 e. The van der Waals surface area contributed by atoms with E-state index in [1.807, 2.05) is 30.3 Å². The normalized spacial score (nSPS) is 11.9. The van der Waals surface area contributed by atoms with Crippen LogP contribution in [0.2, 0.25) is 0 Å². The third-order valence-corrected chi connectivity index (χ3v) is 4.59. The fraction of sp³-hybridized carbons (Fsp3) is 0.174. The lowest BCUT2D eigenvalue weighted by atomic mass is 10.1. The van der Waals surface area contributed by atoms with Crippen molar-refractivity contribution in [3.05, 3.63) is 83.9 Å². The lowest BCUT2D eigenvalue weighted by Gasteiger charge is -2.09. The number of fused-ring (bicyclic) bond motifs is 1. The third-order valence-electron chi connectivity index (χ3n) is 4.59. The molecule has 2 N–H and O–H groups in total. The Bertz CT molecular complexity index is 940. The SMILES string of the molecule is O=C(Nc1ccc(NCCCc2ccccc2)cc1)c1ccc2c(c1)OCO2. The Morgan fingerprint density at radius 1 is 0.857 bits per heavy atom. The van der Waals surface area contributed by atoms with Crippen molar-refractivity contribution in [2.24, 2.45) is 0 Å². The molecule has 142 valence electrons. The minimum atomic E-state index is -0.179. The smallest absolute Gasteiger partial charge is 0.255 e. The number of nitrogens with one attached hydrogen (secondary N) is 2. The molecule has 0 aromatic heterocycles. The first-order valence-corrected chi connectivity index (χ1v) is 9.37. The van der Waals surface area contributed by atoms with Gasteiger partial charge >= 0.3 is 0 Å². The van der Waals surface area contributed by atoms with Crippen molar-refractivity contribution >= 4 is 17.3 Å². The molecule has 0 unspecified atom stereocenters. The quantitative estimate of drug-likeness (QED) is 0.588. The average molecular weight is 374 g/mol. The molecule has 1 heterocycles. The predicted octanol–water partition coefficient (Wildman–Crippen LogP) is 4.71. The highest BCUT2D eigenvalue weighted by Gasteiger charge is 2.16. The molecule has 0 radical (unpaired) electrons. The van der Waals surface area contributed by atoms with Gasteiger partial charge in [-0.05, 0) is 60.9 Å². The molecule has 0 saturated heterocycles. The molecule has 5 heteroatoms. The van der Waals surface area contributed by atoms with E-state index in [1.54, 1.807) is 18.2 Å². The fourth-order valence-corrected chi connectivity index (χ4v) is 3.08. The number of aryl methyl sites for hydroxylation is 1. The Hall–Kier alpha value is -3.47. The first kappa shape index (κ1) is 17.9. The van der Waals surface area contributed by atoms with Gasteiger partial charge in [0.1, 0.15) is 0 Å². The Morgan fingerprint density at radius 3 is 2.43 bits per heavy atom. The summed E-state index contributed by atoms with van der Waals surface area (Å²) in [5.74, 6) is 1.09. The summed E-state index contributed by atoms with van der Waals surface area (Å²) in [5, 5.41) is 6.31. The first-order valence-electron chi connectivity index (χ1n) is 9.37. The van der Waals surface area contributed by atoms with Gasteiger partial charge in [0.25, 0.3) is 5.91 Å². The summed E-state index contributed by atoms with van der Waals surface area (Å²) in [5.41, 5.74) is 3.67. The van der Waals surface area contributed by atoms with Crippen molar-refractivity contribution in [1.29, 1.82) is 0 Å². The highest BCUT2D eigenvalue weighted by atomic mass is 16.7. The van der Waals surface area contributed by atoms with E-state index in [1.165, 1.54) is 5.56 Å². The van der Waals surface area contributed by atoms with Crippen LogP contribution in [-0.4, -0.2) is 19.2 Å². The molecule has 0 fully saturated rings. The molecule has 1 amide bonds. The van der Waals surface area contributed by atoms with Crippen LogP contribution < -0.4 is 20.1 Å². The molecule has 5 nitrogen and oxygen atoms in total. The van der Waals surface area contributed by atoms with Gasteiger partial charge in [0.15, 0.2) is 11.5 Å². The van der Waals surface area contributed by atoms with Gasteiger partial charge in [-0.1, -0.05) is 30.3 Å². The zero-order valence-electron chi connectivity index (χ0n) is 15.5. The molecule has 3 aromatic carbocycles. The van der Waals surface area contributed by atoms with E-state index < -0.39 is 0 Å². The van der Waals surface area contributed by atoms with E-state index in [0.717, 1.165) is 30.8 Å². The summed E-state index contributed by atoms with van der Waals surface area (Å²) in [7, 11) is 0. The molecule has 0 spiro atoms. The minimum absolute atomic E-state index is 0.179. The second-order valence-electron chi connectivity index (χ2n) is 6.62. The van der Waals surface area contributed by atoms with Crippen molar-refractivity contribution in [1.82, 2.24) is 0 Å². The summed E-state index contributed by atoms with van der Waals surface area (Å²) < 4.78 is 10.6. The highest BCUT2D eigenvalue weighted by molar-refractivity contribution is 6.04. The van der Waals surface area contributed by atoms with E-state index in [2.05, 4.69) is 34.9 Å². The van der Waals surface area contributed by atoms with Gasteiger partial charge in [-0.2, -0.15) is 0 Å². The molecule has 1 aliphatic rings. The van der Waals surface area contributed by atoms with Crippen LogP contribution in [0.5, 0.6) is 11.5 Å². The highest BCUT2D eigenvalue weighted by Crippen LogP contribution is 2.32. The monoisotopic (exact) mass is 374 g/mol. The Labute approximate surface area is 164 Å². The van der Waals surface area contributed by atoms with Crippen molar-refractivity contribution in [3.8, 4) is 11.5 Å². The molecule has 28 heavy (non-hydrogen) atoms. The van der Waals surface area contributed by atoms with Crippen LogP contribution in [-0.2, 0) is 6.42 Å². The first-order chi connectivity index (χ1) is 13.8. The lowest BCUT2D eigenvalue weighted by molar-refractivity contribution is 0.102. The summed E-state index contributed by atoms with van der Waals surface area (Å²) in [6.07, 6.45) is 2.12. The number of carbonyl (C=O) groups excluding carboxylic acids is 1.